The molecule has 0 unspecified atom stereocenters. The van der Waals surface area contributed by atoms with Crippen molar-refractivity contribution in [3.63, 3.8) is 0 Å². The smallest absolute Gasteiger partial charge is 0.407 e. The van der Waals surface area contributed by atoms with Gasteiger partial charge >= 0.3 is 12.1 Å². The van der Waals surface area contributed by atoms with Crippen LogP contribution >= 0.6 is 0 Å². The number of hydrogen-bond donors (Lipinski definition) is 4. The molecule has 0 aromatic heterocycles. The van der Waals surface area contributed by atoms with Gasteiger partial charge in [-0.1, -0.05) is 90.5 Å². The number of aliphatic carboxylic acids is 1. The Labute approximate surface area is 287 Å². The van der Waals surface area contributed by atoms with Gasteiger partial charge in [0.2, 0.25) is 5.91 Å². The predicted molar refractivity (Wildman–Crippen MR) is 188 cm³/mol. The number of aryl methyl sites for hydroxylation is 2. The highest BCUT2D eigenvalue weighted by molar-refractivity contribution is 5.96. The highest BCUT2D eigenvalue weighted by Crippen LogP contribution is 2.44. The number of unbranched alkanes of at least 4 members (excludes halogenated alkanes) is 1. The van der Waals surface area contributed by atoms with Crippen LogP contribution in [0.1, 0.15) is 76.2 Å². The lowest BCUT2D eigenvalue weighted by Crippen LogP contribution is -2.40. The molecule has 1 atom stereocenters. The van der Waals surface area contributed by atoms with Crippen LogP contribution in [0.3, 0.4) is 0 Å². The molecule has 9 nitrogen and oxygen atoms in total. The van der Waals surface area contributed by atoms with Crippen LogP contribution in [0.25, 0.3) is 11.1 Å². The van der Waals surface area contributed by atoms with Gasteiger partial charge in [-0.15, -0.1) is 0 Å². The molecule has 49 heavy (non-hydrogen) atoms. The average Bonchev–Trinajstić information content (AvgIpc) is 3.43. The fourth-order valence-electron chi connectivity index (χ4n) is 6.08. The number of amides is 3. The molecule has 0 bridgehead atoms. The summed E-state index contributed by atoms with van der Waals surface area (Å²) in [4.78, 5) is 49.3. The summed E-state index contributed by atoms with van der Waals surface area (Å²) >= 11 is 0. The van der Waals surface area contributed by atoms with Crippen molar-refractivity contribution in [2.24, 2.45) is 0 Å². The van der Waals surface area contributed by atoms with Crippen LogP contribution in [0.5, 0.6) is 0 Å². The van der Waals surface area contributed by atoms with Gasteiger partial charge in [0, 0.05) is 31.0 Å². The van der Waals surface area contributed by atoms with E-state index in [1.54, 1.807) is 24.3 Å². The second-order valence-corrected chi connectivity index (χ2v) is 12.4. The van der Waals surface area contributed by atoms with E-state index in [0.29, 0.717) is 37.9 Å². The Morgan fingerprint density at radius 1 is 0.755 bits per heavy atom. The maximum atomic E-state index is 12.8. The van der Waals surface area contributed by atoms with Crippen LogP contribution in [0, 0.1) is 6.92 Å². The standard InChI is InChI=1S/C40H43N3O6/c1-27-16-18-28(19-17-27)9-8-15-37(44)42-25-29-20-22-30(23-21-29)38(45)43-36(39(46)47)14-6-7-24-41-40(48)49-26-35-33-12-4-2-10-31(33)32-11-3-5-13-34(32)35/h2-5,10-13,16-23,35-36H,6-9,14-15,24-26H2,1H3,(H,41,48)(H,42,44)(H,43,45)(H,46,47)/t36-/m0/s1. The minimum absolute atomic E-state index is 0.0277. The molecule has 1 aliphatic rings. The Bertz CT molecular complexity index is 1710. The number of ether oxygens (including phenoxy) is 1. The number of carboxylic acids is 1. The summed E-state index contributed by atoms with van der Waals surface area (Å²) in [5.41, 5.74) is 8.17. The summed E-state index contributed by atoms with van der Waals surface area (Å²) in [5, 5.41) is 17.9. The molecule has 0 radical (unpaired) electrons. The van der Waals surface area contributed by atoms with Gasteiger partial charge in [-0.05, 0) is 84.5 Å². The Morgan fingerprint density at radius 2 is 1.39 bits per heavy atom. The second kappa shape index (κ2) is 17.1. The molecule has 0 saturated carbocycles. The molecule has 0 aliphatic heterocycles. The molecular weight excluding hydrogens is 618 g/mol. The number of carbonyl (C=O) groups excluding carboxylic acids is 3. The van der Waals surface area contributed by atoms with Crippen LogP contribution in [0.2, 0.25) is 0 Å². The summed E-state index contributed by atoms with van der Waals surface area (Å²) in [6.07, 6.45) is 2.71. The fourth-order valence-corrected chi connectivity index (χ4v) is 6.08. The quantitative estimate of drug-likeness (QED) is 0.101. The molecule has 4 aromatic carbocycles. The first-order valence-electron chi connectivity index (χ1n) is 16.8. The molecule has 0 spiro atoms. The van der Waals surface area contributed by atoms with Gasteiger partial charge in [0.1, 0.15) is 12.6 Å². The molecule has 0 saturated heterocycles. The summed E-state index contributed by atoms with van der Waals surface area (Å²) in [6, 6.07) is 30.2. The third-order valence-electron chi connectivity index (χ3n) is 8.83. The first-order valence-corrected chi connectivity index (χ1v) is 16.8. The Kier molecular flexibility index (Phi) is 12.2. The lowest BCUT2D eigenvalue weighted by atomic mass is 9.98. The predicted octanol–water partition coefficient (Wildman–Crippen LogP) is 6.53. The van der Waals surface area contributed by atoms with Gasteiger partial charge in [-0.25, -0.2) is 9.59 Å². The van der Waals surface area contributed by atoms with Crippen molar-refractivity contribution < 1.29 is 29.0 Å². The SMILES string of the molecule is Cc1ccc(CCCC(=O)NCc2ccc(C(=O)N[C@@H](CCCCNC(=O)OCC3c4ccccc4-c4ccccc43)C(=O)O)cc2)cc1. The van der Waals surface area contributed by atoms with Crippen LogP contribution < -0.4 is 16.0 Å². The lowest BCUT2D eigenvalue weighted by molar-refractivity contribution is -0.139. The molecule has 4 N–H and O–H groups in total. The Hall–Kier alpha value is -5.44. The monoisotopic (exact) mass is 661 g/mol. The van der Waals surface area contributed by atoms with Gasteiger partial charge in [-0.3, -0.25) is 9.59 Å². The van der Waals surface area contributed by atoms with E-state index >= 15 is 0 Å². The molecule has 3 amide bonds. The molecule has 4 aromatic rings. The van der Waals surface area contributed by atoms with E-state index in [2.05, 4.69) is 64.5 Å². The normalized spacial score (nSPS) is 12.3. The van der Waals surface area contributed by atoms with Crippen molar-refractivity contribution in [3.8, 4) is 11.1 Å². The van der Waals surface area contributed by atoms with E-state index in [1.165, 1.54) is 11.1 Å². The zero-order chi connectivity index (χ0) is 34.6. The Balaban J connectivity index is 0.974. The summed E-state index contributed by atoms with van der Waals surface area (Å²) in [6.45, 7) is 2.93. The summed E-state index contributed by atoms with van der Waals surface area (Å²) in [7, 11) is 0. The van der Waals surface area contributed by atoms with Crippen molar-refractivity contribution in [1.82, 2.24) is 16.0 Å². The largest absolute Gasteiger partial charge is 0.480 e. The fraction of sp³-hybridized carbons (Fsp3) is 0.300. The number of alkyl carbamates (subject to hydrolysis) is 1. The van der Waals surface area contributed by atoms with E-state index < -0.39 is 24.0 Å². The van der Waals surface area contributed by atoms with Crippen molar-refractivity contribution in [1.29, 1.82) is 0 Å². The van der Waals surface area contributed by atoms with Crippen LogP contribution in [-0.2, 0) is 27.3 Å². The van der Waals surface area contributed by atoms with Gasteiger partial charge in [-0.2, -0.15) is 0 Å². The van der Waals surface area contributed by atoms with Crippen molar-refractivity contribution >= 4 is 23.9 Å². The van der Waals surface area contributed by atoms with Gasteiger partial charge in [0.15, 0.2) is 0 Å². The third-order valence-corrected chi connectivity index (χ3v) is 8.83. The zero-order valence-corrected chi connectivity index (χ0v) is 27.7. The third kappa shape index (κ3) is 9.79. The number of benzene rings is 4. The number of carbonyl (C=O) groups is 4. The van der Waals surface area contributed by atoms with Gasteiger partial charge in [0.25, 0.3) is 5.91 Å². The molecule has 1 aliphatic carbocycles. The number of hydrogen-bond acceptors (Lipinski definition) is 5. The minimum Gasteiger partial charge on any atom is -0.480 e. The minimum atomic E-state index is -1.13. The van der Waals surface area contributed by atoms with Gasteiger partial charge in [0.05, 0.1) is 0 Å². The van der Waals surface area contributed by atoms with E-state index in [9.17, 15) is 24.3 Å². The van der Waals surface area contributed by atoms with Crippen molar-refractivity contribution in [3.05, 3.63) is 130 Å². The highest BCUT2D eigenvalue weighted by atomic mass is 16.5. The van der Waals surface area contributed by atoms with E-state index in [-0.39, 0.29) is 24.9 Å². The first-order chi connectivity index (χ1) is 23.8. The average molecular weight is 662 g/mol. The lowest BCUT2D eigenvalue weighted by Gasteiger charge is -2.16. The van der Waals surface area contributed by atoms with E-state index in [1.807, 2.05) is 31.2 Å². The maximum Gasteiger partial charge on any atom is 0.407 e. The Morgan fingerprint density at radius 3 is 2.04 bits per heavy atom. The number of fused-ring (bicyclic) bond motifs is 3. The van der Waals surface area contributed by atoms with E-state index in [4.69, 9.17) is 4.74 Å². The molecule has 5 rings (SSSR count). The molecule has 0 fully saturated rings. The van der Waals surface area contributed by atoms with Crippen molar-refractivity contribution in [2.75, 3.05) is 13.2 Å². The topological polar surface area (TPSA) is 134 Å². The van der Waals surface area contributed by atoms with Crippen LogP contribution in [-0.4, -0.2) is 48.2 Å². The summed E-state index contributed by atoms with van der Waals surface area (Å²) < 4.78 is 5.55. The second-order valence-electron chi connectivity index (χ2n) is 12.4. The number of rotatable bonds is 16. The highest BCUT2D eigenvalue weighted by Gasteiger charge is 2.29. The number of nitrogens with one attached hydrogen (secondary N) is 3. The molecule has 0 heterocycles. The number of carboxylic acid groups (broad SMARTS) is 1. The summed E-state index contributed by atoms with van der Waals surface area (Å²) in [5.74, 6) is -1.68. The molecule has 254 valence electrons. The maximum absolute atomic E-state index is 12.8. The van der Waals surface area contributed by atoms with Crippen molar-refractivity contribution in [2.45, 2.75) is 64.0 Å². The molecular formula is C40H43N3O6. The van der Waals surface area contributed by atoms with Crippen LogP contribution in [0.4, 0.5) is 4.79 Å². The van der Waals surface area contributed by atoms with Crippen LogP contribution in [0.15, 0.2) is 97.1 Å². The van der Waals surface area contributed by atoms with E-state index in [0.717, 1.165) is 40.7 Å². The van der Waals surface area contributed by atoms with Gasteiger partial charge < -0.3 is 25.8 Å². The zero-order valence-electron chi connectivity index (χ0n) is 27.7. The molecule has 9 heteroatoms. The first kappa shape index (κ1) is 34.9.